The summed E-state index contributed by atoms with van der Waals surface area (Å²) in [5, 5.41) is 9.22. The van der Waals surface area contributed by atoms with Gasteiger partial charge in [0.25, 0.3) is 0 Å². The molecule has 2 aromatic rings. The van der Waals surface area contributed by atoms with Crippen LogP contribution in [0.2, 0.25) is 0 Å². The highest BCUT2D eigenvalue weighted by Gasteiger charge is 2.30. The molecule has 0 saturated carbocycles. The Morgan fingerprint density at radius 1 is 1.00 bits per heavy atom. The quantitative estimate of drug-likeness (QED) is 0.165. The molecule has 6 nitrogen and oxygen atoms in total. The van der Waals surface area contributed by atoms with Gasteiger partial charge in [-0.3, -0.25) is 0 Å². The normalized spacial score (nSPS) is 12.5. The summed E-state index contributed by atoms with van der Waals surface area (Å²) in [6.45, 7) is -1.17. The van der Waals surface area contributed by atoms with Gasteiger partial charge in [0.15, 0.2) is 19.3 Å². The van der Waals surface area contributed by atoms with Gasteiger partial charge in [0, 0.05) is 24.7 Å². The summed E-state index contributed by atoms with van der Waals surface area (Å²) in [7, 11) is 0. The monoisotopic (exact) mass is 672 g/mol. The van der Waals surface area contributed by atoms with Crippen molar-refractivity contribution in [3.63, 3.8) is 0 Å². The first-order chi connectivity index (χ1) is 18.3. The molecule has 39 heavy (non-hydrogen) atoms. The van der Waals surface area contributed by atoms with Crippen LogP contribution in [0.1, 0.15) is 18.1 Å². The van der Waals surface area contributed by atoms with Crippen molar-refractivity contribution in [3.8, 4) is 29.1 Å². The van der Waals surface area contributed by atoms with Crippen molar-refractivity contribution in [3.05, 3.63) is 63.2 Å². The highest BCUT2D eigenvalue weighted by molar-refractivity contribution is 14.1. The molecule has 0 fully saturated rings. The third-order valence-corrected chi connectivity index (χ3v) is 5.34. The molecule has 0 aliphatic heterocycles. The van der Waals surface area contributed by atoms with Gasteiger partial charge in [0.2, 0.25) is 0 Å². The lowest BCUT2D eigenvalue weighted by Crippen LogP contribution is -2.26. The number of hydrogen-bond donors (Lipinski definition) is 1. The summed E-state index contributed by atoms with van der Waals surface area (Å²) in [6, 6.07) is 8.40. The van der Waals surface area contributed by atoms with Crippen LogP contribution in [-0.2, 0) is 16.0 Å². The lowest BCUT2D eigenvalue weighted by molar-refractivity contribution is -0.154. The van der Waals surface area contributed by atoms with E-state index in [0.717, 1.165) is 27.3 Å². The fourth-order valence-electron chi connectivity index (χ4n) is 2.93. The lowest BCUT2D eigenvalue weighted by Gasteiger charge is -2.13. The summed E-state index contributed by atoms with van der Waals surface area (Å²) in [5.74, 6) is 4.01. The number of ether oxygens (including phenoxy) is 4. The Morgan fingerprint density at radius 2 is 1.62 bits per heavy atom. The number of aliphatic carboxylic acids is 1. The van der Waals surface area contributed by atoms with Gasteiger partial charge in [0.1, 0.15) is 23.9 Å². The van der Waals surface area contributed by atoms with Crippen molar-refractivity contribution in [2.45, 2.75) is 31.8 Å². The standard InChI is InChI=1S/C26H23F6IO6/c1-2-36-23(24(34)35)13-18-7-8-22(21(33)12-18)37-9-5-3-4-6-17-10-19(38-15-25(27,28)29)14-20(11-17)39-16-26(30,31)32/h3,5,7-8,10-12,14,23H,2,9,13,15-16H2,1H3,(H,34,35)/t23-/m0/s1. The molecular weight excluding hydrogens is 649 g/mol. The van der Waals surface area contributed by atoms with E-state index in [-0.39, 0.29) is 36.7 Å². The zero-order valence-electron chi connectivity index (χ0n) is 20.4. The molecule has 1 N–H and O–H groups in total. The van der Waals surface area contributed by atoms with E-state index in [0.29, 0.717) is 5.75 Å². The summed E-state index contributed by atoms with van der Waals surface area (Å²) < 4.78 is 95.6. The maximum Gasteiger partial charge on any atom is 0.422 e. The molecule has 0 aromatic heterocycles. The van der Waals surface area contributed by atoms with E-state index in [2.05, 4.69) is 21.3 Å². The molecule has 0 bridgehead atoms. The van der Waals surface area contributed by atoms with Gasteiger partial charge in [-0.25, -0.2) is 4.79 Å². The maximum atomic E-state index is 12.5. The molecule has 0 radical (unpaired) electrons. The average Bonchev–Trinajstić information content (AvgIpc) is 2.83. The SMILES string of the molecule is CCO[C@@H](Cc1ccc(OCC=CC#Cc2cc(OCC(F)(F)F)cc(OCC(F)(F)F)c2)c(I)c1)C(=O)O. The first-order valence-corrected chi connectivity index (χ1v) is 12.3. The van der Waals surface area contributed by atoms with E-state index in [1.165, 1.54) is 6.08 Å². The first kappa shape index (κ1) is 32.1. The van der Waals surface area contributed by atoms with Crippen LogP contribution in [0.25, 0.3) is 0 Å². The Balaban J connectivity index is 2.02. The van der Waals surface area contributed by atoms with Crippen LogP contribution in [0.4, 0.5) is 26.3 Å². The fourth-order valence-corrected chi connectivity index (χ4v) is 3.67. The molecule has 212 valence electrons. The molecule has 0 heterocycles. The topological polar surface area (TPSA) is 74.2 Å². The molecular formula is C26H23F6IO6. The Morgan fingerprint density at radius 3 is 2.13 bits per heavy atom. The van der Waals surface area contributed by atoms with Crippen molar-refractivity contribution in [1.82, 2.24) is 0 Å². The third kappa shape index (κ3) is 13.0. The Hall–Kier alpha value is -3.12. The van der Waals surface area contributed by atoms with E-state index in [4.69, 9.17) is 9.47 Å². The maximum absolute atomic E-state index is 12.5. The molecule has 0 aliphatic rings. The first-order valence-electron chi connectivity index (χ1n) is 11.2. The molecule has 0 amide bonds. The van der Waals surface area contributed by atoms with Crippen LogP contribution in [0, 0.1) is 15.4 Å². The Kier molecular flexibility index (Phi) is 12.2. The number of rotatable bonds is 12. The largest absolute Gasteiger partial charge is 0.488 e. The number of carbonyl (C=O) groups is 1. The highest BCUT2D eigenvalue weighted by Crippen LogP contribution is 2.27. The highest BCUT2D eigenvalue weighted by atomic mass is 127. The number of allylic oxidation sites excluding steroid dienone is 1. The molecule has 2 rings (SSSR count). The molecule has 0 spiro atoms. The van der Waals surface area contributed by atoms with Crippen LogP contribution in [0.15, 0.2) is 48.6 Å². The van der Waals surface area contributed by atoms with Crippen LogP contribution in [0.5, 0.6) is 17.2 Å². The number of halogens is 7. The summed E-state index contributed by atoms with van der Waals surface area (Å²) >= 11 is 2.05. The Bertz CT molecular complexity index is 1160. The minimum atomic E-state index is -4.64. The molecule has 2 aromatic carbocycles. The second-order valence-electron chi connectivity index (χ2n) is 7.73. The van der Waals surface area contributed by atoms with Gasteiger partial charge in [-0.1, -0.05) is 17.9 Å². The van der Waals surface area contributed by atoms with Crippen molar-refractivity contribution in [2.75, 3.05) is 26.4 Å². The molecule has 1 atom stereocenters. The van der Waals surface area contributed by atoms with Crippen molar-refractivity contribution in [1.29, 1.82) is 0 Å². The number of alkyl halides is 6. The van der Waals surface area contributed by atoms with Crippen LogP contribution >= 0.6 is 22.6 Å². The van der Waals surface area contributed by atoms with E-state index in [1.54, 1.807) is 31.2 Å². The van der Waals surface area contributed by atoms with Gasteiger partial charge in [-0.15, -0.1) is 0 Å². The molecule has 13 heteroatoms. The lowest BCUT2D eigenvalue weighted by atomic mass is 10.1. The second-order valence-corrected chi connectivity index (χ2v) is 8.90. The second kappa shape index (κ2) is 14.9. The van der Waals surface area contributed by atoms with Crippen LogP contribution in [0.3, 0.4) is 0 Å². The molecule has 0 saturated heterocycles. The van der Waals surface area contributed by atoms with Gasteiger partial charge >= 0.3 is 18.3 Å². The van der Waals surface area contributed by atoms with Gasteiger partial charge < -0.3 is 24.1 Å². The van der Waals surface area contributed by atoms with E-state index >= 15 is 0 Å². The molecule has 0 unspecified atom stereocenters. The number of hydrogen-bond acceptors (Lipinski definition) is 5. The van der Waals surface area contributed by atoms with Crippen LogP contribution < -0.4 is 14.2 Å². The smallest absolute Gasteiger partial charge is 0.422 e. The Labute approximate surface area is 234 Å². The number of benzene rings is 2. The van der Waals surface area contributed by atoms with Gasteiger partial charge in [-0.05, 0) is 71.5 Å². The van der Waals surface area contributed by atoms with E-state index in [9.17, 15) is 36.2 Å². The predicted octanol–water partition coefficient (Wildman–Crippen LogP) is 6.19. The summed E-state index contributed by atoms with van der Waals surface area (Å²) in [6.07, 6.45) is -7.08. The fraction of sp³-hybridized carbons (Fsp3) is 0.346. The van der Waals surface area contributed by atoms with Gasteiger partial charge in [-0.2, -0.15) is 26.3 Å². The van der Waals surface area contributed by atoms with Crippen molar-refractivity contribution in [2.24, 2.45) is 0 Å². The summed E-state index contributed by atoms with van der Waals surface area (Å²) in [4.78, 5) is 11.3. The number of carboxylic acid groups (broad SMARTS) is 1. The van der Waals surface area contributed by atoms with Crippen molar-refractivity contribution < 1.29 is 55.2 Å². The molecule has 0 aliphatic carbocycles. The zero-order chi connectivity index (χ0) is 29.1. The third-order valence-electron chi connectivity index (χ3n) is 4.50. The minimum absolute atomic E-state index is 0.0780. The summed E-state index contributed by atoms with van der Waals surface area (Å²) in [5.41, 5.74) is 0.836. The predicted molar refractivity (Wildman–Crippen MR) is 137 cm³/mol. The van der Waals surface area contributed by atoms with Crippen LogP contribution in [-0.4, -0.2) is 56.0 Å². The zero-order valence-corrected chi connectivity index (χ0v) is 22.5. The van der Waals surface area contributed by atoms with E-state index in [1.807, 2.05) is 22.6 Å². The van der Waals surface area contributed by atoms with Crippen molar-refractivity contribution >= 4 is 28.6 Å². The van der Waals surface area contributed by atoms with E-state index < -0.39 is 37.6 Å². The average molecular weight is 672 g/mol. The minimum Gasteiger partial charge on any atom is -0.488 e. The number of carboxylic acids is 1. The van der Waals surface area contributed by atoms with Gasteiger partial charge in [0.05, 0.1) is 3.57 Å².